The third-order valence-corrected chi connectivity index (χ3v) is 1.99. The van der Waals surface area contributed by atoms with Crippen molar-refractivity contribution in [3.8, 4) is 0 Å². The molecule has 6 heteroatoms. The monoisotopic (exact) mass is 281 g/mol. The van der Waals surface area contributed by atoms with Crippen LogP contribution in [0.5, 0.6) is 0 Å². The molecule has 0 unspecified atom stereocenters. The summed E-state index contributed by atoms with van der Waals surface area (Å²) in [7, 11) is 0. The van der Waals surface area contributed by atoms with Crippen LogP contribution in [0.15, 0.2) is 4.60 Å². The molecule has 0 aliphatic carbocycles. The maximum Gasteiger partial charge on any atom is 0.251 e. The lowest BCUT2D eigenvalue weighted by molar-refractivity contribution is 0.109. The molecule has 1 aromatic rings. The number of hydrogen-bond acceptors (Lipinski definition) is 3. The first kappa shape index (κ1) is 8.86. The Balaban J connectivity index is 3.07. The second kappa shape index (κ2) is 3.44. The van der Waals surface area contributed by atoms with E-state index >= 15 is 0 Å². The zero-order valence-electron chi connectivity index (χ0n) is 5.71. The minimum atomic E-state index is -0.260. The van der Waals surface area contributed by atoms with Gasteiger partial charge in [-0.25, -0.2) is 0 Å². The molecule has 0 aromatic carbocycles. The molecule has 60 valence electrons. The van der Waals surface area contributed by atoms with E-state index in [1.54, 1.807) is 0 Å². The third-order valence-electron chi connectivity index (χ3n) is 1.08. The summed E-state index contributed by atoms with van der Waals surface area (Å²) in [5.74, 6) is 0. The molecule has 0 aliphatic rings. The van der Waals surface area contributed by atoms with Crippen molar-refractivity contribution >= 4 is 36.6 Å². The lowest BCUT2D eigenvalue weighted by atomic mass is 10.5. The van der Waals surface area contributed by atoms with E-state index in [0.717, 1.165) is 0 Å². The van der Waals surface area contributed by atoms with E-state index in [2.05, 4.69) is 42.1 Å². The molecule has 0 aliphatic heterocycles. The smallest absolute Gasteiger partial charge is 0.251 e. The number of hydrogen-bond donors (Lipinski definition) is 0. The van der Waals surface area contributed by atoms with Crippen LogP contribution in [-0.2, 0) is 6.54 Å². The van der Waals surface area contributed by atoms with Crippen LogP contribution in [0.2, 0.25) is 0 Å². The van der Waals surface area contributed by atoms with E-state index in [1.807, 2.05) is 6.92 Å². The summed E-state index contributed by atoms with van der Waals surface area (Å²) in [5, 5.41) is 7.81. The Morgan fingerprint density at radius 1 is 1.64 bits per heavy atom. The van der Waals surface area contributed by atoms with Crippen molar-refractivity contribution in [1.82, 2.24) is 15.0 Å². The highest BCUT2D eigenvalue weighted by Gasteiger charge is 2.12. The van der Waals surface area contributed by atoms with E-state index in [-0.39, 0.29) is 4.69 Å². The Labute approximate surface area is 80.2 Å². The molecule has 0 fully saturated rings. The topological polar surface area (TPSA) is 47.8 Å². The molecule has 0 saturated carbocycles. The lowest BCUT2D eigenvalue weighted by Crippen LogP contribution is -1.99. The van der Waals surface area contributed by atoms with Crippen LogP contribution in [0.25, 0.3) is 0 Å². The van der Waals surface area contributed by atoms with Crippen molar-refractivity contribution in [2.24, 2.45) is 0 Å². The van der Waals surface area contributed by atoms with E-state index in [0.29, 0.717) is 16.8 Å². The fourth-order valence-electron chi connectivity index (χ4n) is 0.590. The first-order chi connectivity index (χ1) is 5.15. The highest BCUT2D eigenvalue weighted by molar-refractivity contribution is 9.18. The van der Waals surface area contributed by atoms with Crippen molar-refractivity contribution in [3.63, 3.8) is 0 Å². The molecule has 0 bridgehead atoms. The second-order valence-electron chi connectivity index (χ2n) is 1.80. The normalized spacial score (nSPS) is 10.1. The van der Waals surface area contributed by atoms with Crippen LogP contribution < -0.4 is 0 Å². The maximum atomic E-state index is 10.8. The molecular weight excluding hydrogens is 278 g/mol. The average Bonchev–Trinajstić information content (AvgIpc) is 2.30. The van der Waals surface area contributed by atoms with Gasteiger partial charge in [0.15, 0.2) is 10.3 Å². The molecule has 1 heterocycles. The molecule has 1 rings (SSSR count). The largest absolute Gasteiger partial charge is 0.279 e. The summed E-state index contributed by atoms with van der Waals surface area (Å²) in [6.07, 6.45) is 0. The summed E-state index contributed by atoms with van der Waals surface area (Å²) >= 11 is 5.90. The first-order valence-corrected chi connectivity index (χ1v) is 4.54. The van der Waals surface area contributed by atoms with Gasteiger partial charge in [-0.3, -0.25) is 4.79 Å². The molecule has 0 spiro atoms. The molecule has 4 nitrogen and oxygen atoms in total. The summed E-state index contributed by atoms with van der Waals surface area (Å²) < 4.78 is 0.213. The minimum Gasteiger partial charge on any atom is -0.279 e. The average molecular weight is 283 g/mol. The molecule has 0 N–H and O–H groups in total. The van der Waals surface area contributed by atoms with Gasteiger partial charge in [-0.05, 0) is 38.8 Å². The third kappa shape index (κ3) is 1.87. The highest BCUT2D eigenvalue weighted by Crippen LogP contribution is 2.13. The van der Waals surface area contributed by atoms with Crippen molar-refractivity contribution in [1.29, 1.82) is 0 Å². The van der Waals surface area contributed by atoms with Crippen LogP contribution in [0, 0.1) is 0 Å². The SMILES string of the molecule is CCn1nc(Br)c(C(=O)Br)n1. The number of carbonyl (C=O) groups excluding carboxylic acids is 1. The van der Waals surface area contributed by atoms with Gasteiger partial charge in [0.25, 0.3) is 4.69 Å². The number of aromatic nitrogens is 3. The Morgan fingerprint density at radius 3 is 2.55 bits per heavy atom. The van der Waals surface area contributed by atoms with Gasteiger partial charge in [-0.2, -0.15) is 4.80 Å². The first-order valence-electron chi connectivity index (χ1n) is 2.95. The van der Waals surface area contributed by atoms with Gasteiger partial charge in [0, 0.05) is 0 Å². The standard InChI is InChI=1S/C5H5Br2N3O/c1-2-10-8-3(5(7)11)4(6)9-10/h2H2,1H3. The molecule has 1 aromatic heterocycles. The Kier molecular flexibility index (Phi) is 2.78. The van der Waals surface area contributed by atoms with E-state index in [4.69, 9.17) is 0 Å². The van der Waals surface area contributed by atoms with Crippen molar-refractivity contribution in [2.75, 3.05) is 0 Å². The van der Waals surface area contributed by atoms with Crippen LogP contribution in [0.1, 0.15) is 17.4 Å². The van der Waals surface area contributed by atoms with E-state index in [9.17, 15) is 4.79 Å². The Hall–Kier alpha value is -0.230. The van der Waals surface area contributed by atoms with Crippen LogP contribution >= 0.6 is 31.9 Å². The molecule has 11 heavy (non-hydrogen) atoms. The van der Waals surface area contributed by atoms with Crippen LogP contribution in [0.4, 0.5) is 0 Å². The van der Waals surface area contributed by atoms with E-state index < -0.39 is 0 Å². The second-order valence-corrected chi connectivity index (χ2v) is 3.27. The number of nitrogens with zero attached hydrogens (tertiary/aromatic N) is 3. The zero-order chi connectivity index (χ0) is 8.43. The molecule has 0 atom stereocenters. The lowest BCUT2D eigenvalue weighted by Gasteiger charge is -1.86. The van der Waals surface area contributed by atoms with Crippen molar-refractivity contribution in [2.45, 2.75) is 13.5 Å². The minimum absolute atomic E-state index is 0.260. The fourth-order valence-corrected chi connectivity index (χ4v) is 1.57. The van der Waals surface area contributed by atoms with Gasteiger partial charge in [-0.15, -0.1) is 10.2 Å². The van der Waals surface area contributed by atoms with Crippen molar-refractivity contribution < 1.29 is 4.79 Å². The maximum absolute atomic E-state index is 10.8. The quantitative estimate of drug-likeness (QED) is 0.774. The fraction of sp³-hybridized carbons (Fsp3) is 0.400. The van der Waals surface area contributed by atoms with Crippen LogP contribution in [-0.4, -0.2) is 19.7 Å². The van der Waals surface area contributed by atoms with Gasteiger partial charge < -0.3 is 0 Å². The number of rotatable bonds is 2. The van der Waals surface area contributed by atoms with Crippen LogP contribution in [0.3, 0.4) is 0 Å². The molecular formula is C5H5Br2N3O. The zero-order valence-corrected chi connectivity index (χ0v) is 8.88. The molecule has 0 amide bonds. The van der Waals surface area contributed by atoms with Gasteiger partial charge in [-0.1, -0.05) is 0 Å². The molecule has 0 radical (unpaired) electrons. The Morgan fingerprint density at radius 2 is 2.27 bits per heavy atom. The Bertz CT molecular complexity index is 283. The van der Waals surface area contributed by atoms with Gasteiger partial charge >= 0.3 is 0 Å². The van der Waals surface area contributed by atoms with Crippen molar-refractivity contribution in [3.05, 3.63) is 10.3 Å². The van der Waals surface area contributed by atoms with E-state index in [1.165, 1.54) is 4.80 Å². The summed E-state index contributed by atoms with van der Waals surface area (Å²) in [5.41, 5.74) is 0.312. The van der Waals surface area contributed by atoms with Gasteiger partial charge in [0.1, 0.15) is 0 Å². The summed E-state index contributed by atoms with van der Waals surface area (Å²) in [6, 6.07) is 0. The van der Waals surface area contributed by atoms with Gasteiger partial charge in [0.2, 0.25) is 0 Å². The number of halogens is 2. The predicted octanol–water partition coefficient (Wildman–Crippen LogP) is 1.60. The number of carbonyl (C=O) groups is 1. The predicted molar refractivity (Wildman–Crippen MR) is 46.7 cm³/mol. The molecule has 0 saturated heterocycles. The van der Waals surface area contributed by atoms with Gasteiger partial charge in [0.05, 0.1) is 6.54 Å². The summed E-state index contributed by atoms with van der Waals surface area (Å²) in [6.45, 7) is 2.55. The summed E-state index contributed by atoms with van der Waals surface area (Å²) in [4.78, 5) is 12.2. The number of aryl methyl sites for hydroxylation is 1. The highest BCUT2D eigenvalue weighted by atomic mass is 79.9.